The van der Waals surface area contributed by atoms with Gasteiger partial charge in [0.1, 0.15) is 0 Å². The summed E-state index contributed by atoms with van der Waals surface area (Å²) in [6.07, 6.45) is 4.41. The molecule has 0 atom stereocenters. The van der Waals surface area contributed by atoms with Gasteiger partial charge in [0.05, 0.1) is 6.54 Å². The van der Waals surface area contributed by atoms with Gasteiger partial charge in [0.2, 0.25) is 5.91 Å². The first-order valence-corrected chi connectivity index (χ1v) is 8.00. The van der Waals surface area contributed by atoms with Crippen LogP contribution in [-0.4, -0.2) is 36.0 Å². The third-order valence-corrected chi connectivity index (χ3v) is 4.40. The number of benzene rings is 1. The summed E-state index contributed by atoms with van der Waals surface area (Å²) in [4.78, 5) is 13.9. The lowest BCUT2D eigenvalue weighted by Crippen LogP contribution is -2.45. The number of hydrogen-bond donors (Lipinski definition) is 2. The van der Waals surface area contributed by atoms with Crippen LogP contribution in [0.5, 0.6) is 0 Å². The van der Waals surface area contributed by atoms with E-state index in [-0.39, 0.29) is 12.5 Å². The molecule has 21 heavy (non-hydrogen) atoms. The first-order valence-electron chi connectivity index (χ1n) is 8.00. The number of nitrogens with zero attached hydrogens (tertiary/aromatic N) is 1. The van der Waals surface area contributed by atoms with E-state index in [1.165, 1.54) is 5.56 Å². The summed E-state index contributed by atoms with van der Waals surface area (Å²) in [7, 11) is 0. The van der Waals surface area contributed by atoms with Crippen LogP contribution in [0.25, 0.3) is 0 Å². The normalized spacial score (nSPS) is 22.2. The summed E-state index contributed by atoms with van der Waals surface area (Å²) in [5, 5.41) is 3.01. The Kier molecular flexibility index (Phi) is 6.21. The van der Waals surface area contributed by atoms with Crippen molar-refractivity contribution in [2.24, 2.45) is 5.73 Å². The average Bonchev–Trinajstić information content (AvgIpc) is 2.54. The van der Waals surface area contributed by atoms with Gasteiger partial charge in [0, 0.05) is 18.6 Å². The van der Waals surface area contributed by atoms with E-state index in [1.807, 2.05) is 0 Å². The van der Waals surface area contributed by atoms with E-state index in [2.05, 4.69) is 47.5 Å². The standard InChI is InChI=1S/C17H27N3O/c1-2-20(13-14-6-4-3-5-7-14)16-10-8-15(9-11-16)19-17(21)12-18/h3-7,15-16H,2,8-13,18H2,1H3,(H,19,21). The Morgan fingerprint density at radius 3 is 2.48 bits per heavy atom. The van der Waals surface area contributed by atoms with Crippen molar-refractivity contribution >= 4 is 5.91 Å². The largest absolute Gasteiger partial charge is 0.352 e. The lowest BCUT2D eigenvalue weighted by Gasteiger charge is -2.36. The van der Waals surface area contributed by atoms with E-state index in [4.69, 9.17) is 5.73 Å². The predicted molar refractivity (Wildman–Crippen MR) is 85.8 cm³/mol. The van der Waals surface area contributed by atoms with Gasteiger partial charge in [-0.05, 0) is 37.8 Å². The molecule has 0 spiro atoms. The van der Waals surface area contributed by atoms with Crippen LogP contribution in [0.2, 0.25) is 0 Å². The van der Waals surface area contributed by atoms with E-state index in [1.54, 1.807) is 0 Å². The van der Waals surface area contributed by atoms with Crippen molar-refractivity contribution in [3.05, 3.63) is 35.9 Å². The highest BCUT2D eigenvalue weighted by molar-refractivity contribution is 5.78. The maximum absolute atomic E-state index is 11.3. The van der Waals surface area contributed by atoms with E-state index < -0.39 is 0 Å². The Bertz CT molecular complexity index is 427. The molecule has 1 amide bonds. The fourth-order valence-corrected chi connectivity index (χ4v) is 3.19. The van der Waals surface area contributed by atoms with Crippen molar-refractivity contribution in [2.75, 3.05) is 13.1 Å². The molecule has 0 unspecified atom stereocenters. The second-order valence-corrected chi connectivity index (χ2v) is 5.83. The smallest absolute Gasteiger partial charge is 0.233 e. The predicted octanol–water partition coefficient (Wildman–Crippen LogP) is 1.89. The average molecular weight is 289 g/mol. The van der Waals surface area contributed by atoms with Crippen LogP contribution in [0.4, 0.5) is 0 Å². The summed E-state index contributed by atoms with van der Waals surface area (Å²) in [6, 6.07) is 11.6. The molecule has 1 aliphatic rings. The quantitative estimate of drug-likeness (QED) is 0.841. The summed E-state index contributed by atoms with van der Waals surface area (Å²) in [5.74, 6) is -0.0323. The lowest BCUT2D eigenvalue weighted by molar-refractivity contribution is -0.120. The highest BCUT2D eigenvalue weighted by Gasteiger charge is 2.25. The molecule has 0 bridgehead atoms. The molecule has 4 nitrogen and oxygen atoms in total. The monoisotopic (exact) mass is 289 g/mol. The Hall–Kier alpha value is -1.39. The number of amides is 1. The van der Waals surface area contributed by atoms with Crippen LogP contribution in [0.1, 0.15) is 38.2 Å². The fraction of sp³-hybridized carbons (Fsp3) is 0.588. The molecule has 116 valence electrons. The summed E-state index contributed by atoms with van der Waals surface area (Å²) < 4.78 is 0. The molecular formula is C17H27N3O. The molecule has 0 aromatic heterocycles. The Morgan fingerprint density at radius 1 is 1.24 bits per heavy atom. The molecule has 1 saturated carbocycles. The topological polar surface area (TPSA) is 58.4 Å². The molecule has 2 rings (SSSR count). The summed E-state index contributed by atoms with van der Waals surface area (Å²) >= 11 is 0. The van der Waals surface area contributed by atoms with Gasteiger partial charge in [0.15, 0.2) is 0 Å². The van der Waals surface area contributed by atoms with Gasteiger partial charge in [-0.1, -0.05) is 37.3 Å². The van der Waals surface area contributed by atoms with Gasteiger partial charge in [0.25, 0.3) is 0 Å². The molecule has 4 heteroatoms. The van der Waals surface area contributed by atoms with Gasteiger partial charge in [-0.2, -0.15) is 0 Å². The first-order chi connectivity index (χ1) is 10.2. The SMILES string of the molecule is CCN(Cc1ccccc1)C1CCC(NC(=O)CN)CC1. The minimum absolute atomic E-state index is 0.0323. The van der Waals surface area contributed by atoms with Crippen LogP contribution in [-0.2, 0) is 11.3 Å². The van der Waals surface area contributed by atoms with Gasteiger partial charge >= 0.3 is 0 Å². The van der Waals surface area contributed by atoms with Crippen LogP contribution in [0, 0.1) is 0 Å². The number of nitrogens with one attached hydrogen (secondary N) is 1. The molecule has 1 aliphatic carbocycles. The van der Waals surface area contributed by atoms with Crippen molar-refractivity contribution < 1.29 is 4.79 Å². The van der Waals surface area contributed by atoms with Crippen LogP contribution < -0.4 is 11.1 Å². The second kappa shape index (κ2) is 8.15. The van der Waals surface area contributed by atoms with Crippen molar-refractivity contribution in [3.63, 3.8) is 0 Å². The minimum Gasteiger partial charge on any atom is -0.352 e. The lowest BCUT2D eigenvalue weighted by atomic mass is 9.90. The molecule has 0 aliphatic heterocycles. The maximum atomic E-state index is 11.3. The third-order valence-electron chi connectivity index (χ3n) is 4.40. The van der Waals surface area contributed by atoms with Gasteiger partial charge in [-0.3, -0.25) is 9.69 Å². The zero-order valence-electron chi connectivity index (χ0n) is 12.9. The number of hydrogen-bond acceptors (Lipinski definition) is 3. The molecule has 1 aromatic carbocycles. The molecule has 1 aromatic rings. The van der Waals surface area contributed by atoms with E-state index in [0.29, 0.717) is 12.1 Å². The molecule has 0 radical (unpaired) electrons. The Morgan fingerprint density at radius 2 is 1.90 bits per heavy atom. The summed E-state index contributed by atoms with van der Waals surface area (Å²) in [5.41, 5.74) is 6.72. The third kappa shape index (κ3) is 4.83. The summed E-state index contributed by atoms with van der Waals surface area (Å²) in [6.45, 7) is 4.40. The van der Waals surface area contributed by atoms with E-state index in [0.717, 1.165) is 38.8 Å². The molecule has 0 saturated heterocycles. The zero-order valence-corrected chi connectivity index (χ0v) is 12.9. The van der Waals surface area contributed by atoms with E-state index >= 15 is 0 Å². The van der Waals surface area contributed by atoms with Crippen LogP contribution >= 0.6 is 0 Å². The zero-order chi connectivity index (χ0) is 15.1. The maximum Gasteiger partial charge on any atom is 0.233 e. The van der Waals surface area contributed by atoms with Crippen molar-refractivity contribution in [3.8, 4) is 0 Å². The Labute approximate surface area is 127 Å². The van der Waals surface area contributed by atoms with Gasteiger partial charge in [-0.25, -0.2) is 0 Å². The number of rotatable bonds is 6. The first kappa shape index (κ1) is 16.0. The number of carbonyl (C=O) groups excluding carboxylic acids is 1. The minimum atomic E-state index is -0.0323. The van der Waals surface area contributed by atoms with Gasteiger partial charge < -0.3 is 11.1 Å². The van der Waals surface area contributed by atoms with Crippen molar-refractivity contribution in [1.29, 1.82) is 0 Å². The van der Waals surface area contributed by atoms with Crippen LogP contribution in [0.15, 0.2) is 30.3 Å². The molecule has 1 fully saturated rings. The fourth-order valence-electron chi connectivity index (χ4n) is 3.19. The number of carbonyl (C=O) groups is 1. The molecule has 0 heterocycles. The molecular weight excluding hydrogens is 262 g/mol. The van der Waals surface area contributed by atoms with Gasteiger partial charge in [-0.15, -0.1) is 0 Å². The van der Waals surface area contributed by atoms with Crippen LogP contribution in [0.3, 0.4) is 0 Å². The highest BCUT2D eigenvalue weighted by atomic mass is 16.1. The Balaban J connectivity index is 1.83. The van der Waals surface area contributed by atoms with Crippen molar-refractivity contribution in [2.45, 2.75) is 51.2 Å². The highest BCUT2D eigenvalue weighted by Crippen LogP contribution is 2.24. The second-order valence-electron chi connectivity index (χ2n) is 5.83. The van der Waals surface area contributed by atoms with Crippen molar-refractivity contribution in [1.82, 2.24) is 10.2 Å². The molecule has 3 N–H and O–H groups in total. The van der Waals surface area contributed by atoms with E-state index in [9.17, 15) is 4.79 Å². The number of nitrogens with two attached hydrogens (primary N) is 1.